The van der Waals surface area contributed by atoms with Crippen LogP contribution in [0.15, 0.2) is 54.9 Å². The third-order valence-corrected chi connectivity index (χ3v) is 4.98. The van der Waals surface area contributed by atoms with Crippen LogP contribution in [-0.2, 0) is 6.61 Å². The molecule has 0 radical (unpaired) electrons. The largest absolute Gasteiger partial charge is 0.487 e. The average molecular weight is 405 g/mol. The van der Waals surface area contributed by atoms with Crippen molar-refractivity contribution < 1.29 is 4.74 Å². The van der Waals surface area contributed by atoms with E-state index in [-0.39, 0.29) is 0 Å². The molecule has 0 saturated heterocycles. The van der Waals surface area contributed by atoms with Crippen molar-refractivity contribution in [3.05, 3.63) is 75.5 Å². The van der Waals surface area contributed by atoms with E-state index in [0.29, 0.717) is 38.8 Å². The zero-order valence-corrected chi connectivity index (χ0v) is 15.6. The standard InChI is InChI=1S/C19H12Cl3N3O/c20-13-3-1-11(2-4-13)10-26-15-9-14-18(17(22)16(15)21)25-19(24-14)12-5-7-23-8-6-12/h1-9H,10H2,(H,24,25). The van der Waals surface area contributed by atoms with Crippen LogP contribution in [0.1, 0.15) is 5.56 Å². The molecule has 0 bridgehead atoms. The zero-order valence-electron chi connectivity index (χ0n) is 13.3. The first kappa shape index (κ1) is 17.2. The molecule has 0 spiro atoms. The minimum Gasteiger partial charge on any atom is -0.487 e. The van der Waals surface area contributed by atoms with Crippen molar-refractivity contribution in [3.63, 3.8) is 0 Å². The number of hydrogen-bond donors (Lipinski definition) is 1. The van der Waals surface area contributed by atoms with Crippen LogP contribution in [0.4, 0.5) is 0 Å². The number of fused-ring (bicyclic) bond motifs is 1. The third kappa shape index (κ3) is 3.36. The van der Waals surface area contributed by atoms with Gasteiger partial charge in [-0.3, -0.25) is 4.98 Å². The van der Waals surface area contributed by atoms with Crippen LogP contribution < -0.4 is 4.74 Å². The van der Waals surface area contributed by atoms with Crippen LogP contribution in [0.3, 0.4) is 0 Å². The third-order valence-electron chi connectivity index (χ3n) is 3.89. The Morgan fingerprint density at radius 1 is 0.923 bits per heavy atom. The van der Waals surface area contributed by atoms with Crippen molar-refractivity contribution in [1.82, 2.24) is 15.0 Å². The first-order valence-corrected chi connectivity index (χ1v) is 8.90. The minimum absolute atomic E-state index is 0.334. The number of nitrogens with zero attached hydrogens (tertiary/aromatic N) is 2. The lowest BCUT2D eigenvalue weighted by Gasteiger charge is -2.09. The highest BCUT2D eigenvalue weighted by molar-refractivity contribution is 6.45. The summed E-state index contributed by atoms with van der Waals surface area (Å²) >= 11 is 18.7. The highest BCUT2D eigenvalue weighted by Crippen LogP contribution is 2.39. The molecule has 4 rings (SSSR count). The Labute approximate surface area is 164 Å². The predicted octanol–water partition coefficient (Wildman–Crippen LogP) is 6.16. The van der Waals surface area contributed by atoms with Gasteiger partial charge in [-0.2, -0.15) is 0 Å². The fourth-order valence-electron chi connectivity index (χ4n) is 2.56. The molecule has 0 fully saturated rings. The Hall–Kier alpha value is -2.27. The van der Waals surface area contributed by atoms with Gasteiger partial charge in [0.05, 0.1) is 10.5 Å². The molecular weight excluding hydrogens is 393 g/mol. The number of rotatable bonds is 4. The van der Waals surface area contributed by atoms with Crippen molar-refractivity contribution in [1.29, 1.82) is 0 Å². The SMILES string of the molecule is Clc1ccc(COc2cc3[nH]c(-c4ccncc4)nc3c(Cl)c2Cl)cc1. The Kier molecular flexibility index (Phi) is 4.72. The maximum absolute atomic E-state index is 6.41. The molecule has 2 aromatic heterocycles. The maximum atomic E-state index is 6.41. The van der Waals surface area contributed by atoms with E-state index >= 15 is 0 Å². The molecule has 26 heavy (non-hydrogen) atoms. The lowest BCUT2D eigenvalue weighted by atomic mass is 10.2. The summed E-state index contributed by atoms with van der Waals surface area (Å²) in [6, 6.07) is 13.0. The minimum atomic E-state index is 0.334. The van der Waals surface area contributed by atoms with Gasteiger partial charge in [0.25, 0.3) is 0 Å². The number of hydrogen-bond acceptors (Lipinski definition) is 3. The van der Waals surface area contributed by atoms with Gasteiger partial charge in [-0.15, -0.1) is 0 Å². The lowest BCUT2D eigenvalue weighted by Crippen LogP contribution is -1.96. The molecule has 0 aliphatic heterocycles. The number of aromatic amines is 1. The lowest BCUT2D eigenvalue weighted by molar-refractivity contribution is 0.307. The summed E-state index contributed by atoms with van der Waals surface area (Å²) in [5.41, 5.74) is 3.23. The predicted molar refractivity (Wildman–Crippen MR) is 105 cm³/mol. The van der Waals surface area contributed by atoms with Crippen LogP contribution >= 0.6 is 34.8 Å². The number of halogens is 3. The van der Waals surface area contributed by atoms with Crippen LogP contribution in [0, 0.1) is 0 Å². The van der Waals surface area contributed by atoms with Crippen LogP contribution in [-0.4, -0.2) is 15.0 Å². The first-order valence-electron chi connectivity index (χ1n) is 7.77. The summed E-state index contributed by atoms with van der Waals surface area (Å²) < 4.78 is 5.85. The smallest absolute Gasteiger partial charge is 0.142 e. The van der Waals surface area contributed by atoms with Gasteiger partial charge in [-0.25, -0.2) is 4.98 Å². The van der Waals surface area contributed by atoms with Crippen LogP contribution in [0.25, 0.3) is 22.4 Å². The van der Waals surface area contributed by atoms with Gasteiger partial charge >= 0.3 is 0 Å². The topological polar surface area (TPSA) is 50.8 Å². The van der Waals surface area contributed by atoms with Gasteiger partial charge in [0.15, 0.2) is 0 Å². The van der Waals surface area contributed by atoms with E-state index in [0.717, 1.165) is 16.6 Å². The number of ether oxygens (including phenoxy) is 1. The average Bonchev–Trinajstić information content (AvgIpc) is 3.10. The molecule has 0 saturated carbocycles. The van der Waals surface area contributed by atoms with Gasteiger partial charge in [-0.05, 0) is 29.8 Å². The van der Waals surface area contributed by atoms with Gasteiger partial charge in [0.1, 0.15) is 28.7 Å². The number of H-pyrrole nitrogens is 1. The van der Waals surface area contributed by atoms with Gasteiger partial charge in [0, 0.05) is 29.0 Å². The molecule has 0 atom stereocenters. The summed E-state index contributed by atoms with van der Waals surface area (Å²) in [7, 11) is 0. The second-order valence-corrected chi connectivity index (χ2v) is 6.83. The molecule has 4 aromatic rings. The number of imidazole rings is 1. The van der Waals surface area contributed by atoms with Crippen molar-refractivity contribution >= 4 is 45.8 Å². The molecule has 0 aliphatic rings. The molecular formula is C19H12Cl3N3O. The number of benzene rings is 2. The van der Waals surface area contributed by atoms with E-state index in [2.05, 4.69) is 15.0 Å². The highest BCUT2D eigenvalue weighted by Gasteiger charge is 2.16. The van der Waals surface area contributed by atoms with Crippen molar-refractivity contribution in [3.8, 4) is 17.1 Å². The molecule has 4 nitrogen and oxygen atoms in total. The van der Waals surface area contributed by atoms with Gasteiger partial charge in [0.2, 0.25) is 0 Å². The summed E-state index contributed by atoms with van der Waals surface area (Å²) in [5, 5.41) is 1.37. The van der Waals surface area contributed by atoms with Crippen molar-refractivity contribution in [2.24, 2.45) is 0 Å². The number of pyridine rings is 1. The van der Waals surface area contributed by atoms with E-state index in [9.17, 15) is 0 Å². The normalized spacial score (nSPS) is 11.0. The Bertz CT molecular complexity index is 1060. The molecule has 2 heterocycles. The van der Waals surface area contributed by atoms with Crippen LogP contribution in [0.2, 0.25) is 15.1 Å². The summed E-state index contributed by atoms with van der Waals surface area (Å²) in [4.78, 5) is 11.8. The summed E-state index contributed by atoms with van der Waals surface area (Å²) in [6.07, 6.45) is 3.41. The monoisotopic (exact) mass is 403 g/mol. The Balaban J connectivity index is 1.67. The number of aromatic nitrogens is 3. The van der Waals surface area contributed by atoms with Gasteiger partial charge < -0.3 is 9.72 Å². The van der Waals surface area contributed by atoms with Crippen LogP contribution in [0.5, 0.6) is 5.75 Å². The van der Waals surface area contributed by atoms with E-state index < -0.39 is 0 Å². The fraction of sp³-hybridized carbons (Fsp3) is 0.0526. The molecule has 0 unspecified atom stereocenters. The van der Waals surface area contributed by atoms with Crippen molar-refractivity contribution in [2.45, 2.75) is 6.61 Å². The quantitative estimate of drug-likeness (QED) is 0.443. The molecule has 1 N–H and O–H groups in total. The van der Waals surface area contributed by atoms with E-state index in [1.165, 1.54) is 0 Å². The summed E-state index contributed by atoms with van der Waals surface area (Å²) in [5.74, 6) is 1.18. The highest BCUT2D eigenvalue weighted by atomic mass is 35.5. The first-order chi connectivity index (χ1) is 12.6. The Morgan fingerprint density at radius 2 is 1.65 bits per heavy atom. The van der Waals surface area contributed by atoms with E-state index in [1.54, 1.807) is 18.5 Å². The molecule has 2 aromatic carbocycles. The fourth-order valence-corrected chi connectivity index (χ4v) is 3.12. The zero-order chi connectivity index (χ0) is 18.1. The Morgan fingerprint density at radius 3 is 2.38 bits per heavy atom. The van der Waals surface area contributed by atoms with Gasteiger partial charge in [-0.1, -0.05) is 46.9 Å². The number of nitrogens with one attached hydrogen (secondary N) is 1. The molecule has 0 aliphatic carbocycles. The second-order valence-electron chi connectivity index (χ2n) is 5.64. The van der Waals surface area contributed by atoms with E-state index in [1.807, 2.05) is 36.4 Å². The molecule has 0 amide bonds. The van der Waals surface area contributed by atoms with E-state index in [4.69, 9.17) is 39.5 Å². The second kappa shape index (κ2) is 7.16. The van der Waals surface area contributed by atoms with Crippen molar-refractivity contribution in [2.75, 3.05) is 0 Å². The maximum Gasteiger partial charge on any atom is 0.142 e. The molecule has 7 heteroatoms. The summed E-state index contributed by atoms with van der Waals surface area (Å²) in [6.45, 7) is 0.351. The molecule has 130 valence electrons.